The van der Waals surface area contributed by atoms with E-state index in [1.165, 1.54) is 0 Å². The van der Waals surface area contributed by atoms with Crippen molar-refractivity contribution in [2.75, 3.05) is 6.54 Å². The van der Waals surface area contributed by atoms with Gasteiger partial charge in [0.25, 0.3) is 0 Å². The van der Waals surface area contributed by atoms with Gasteiger partial charge in [-0.2, -0.15) is 0 Å². The maximum Gasteiger partial charge on any atom is 0.332 e. The van der Waals surface area contributed by atoms with Gasteiger partial charge in [0, 0.05) is 4.47 Å². The minimum Gasteiger partial charge on any atom is -0.489 e. The van der Waals surface area contributed by atoms with Gasteiger partial charge in [0.15, 0.2) is 6.10 Å². The number of carboxylic acid groups (broad SMARTS) is 1. The lowest BCUT2D eigenvalue weighted by molar-refractivity contribution is -0.151. The van der Waals surface area contributed by atoms with Crippen LogP contribution in [0.25, 0.3) is 0 Å². The Morgan fingerprint density at radius 1 is 1.45 bits per heavy atom. The van der Waals surface area contributed by atoms with Gasteiger partial charge in [-0.05, 0) is 38.0 Å². The highest BCUT2D eigenvalue weighted by Gasteiger charge is 2.34. The lowest BCUT2D eigenvalue weighted by Gasteiger charge is -2.17. The largest absolute Gasteiger partial charge is 0.489 e. The molecule has 1 heterocycles. The Balaban J connectivity index is 1.75. The number of aliphatic carboxylic acids is 1. The van der Waals surface area contributed by atoms with E-state index in [9.17, 15) is 9.59 Å². The molecule has 0 radical (unpaired) electrons. The number of amides is 1. The van der Waals surface area contributed by atoms with E-state index in [4.69, 9.17) is 14.6 Å². The lowest BCUT2D eigenvalue weighted by Crippen LogP contribution is -2.40. The average molecular weight is 372 g/mol. The molecule has 1 aromatic carbocycles. The summed E-state index contributed by atoms with van der Waals surface area (Å²) in [5.41, 5.74) is 0. The van der Waals surface area contributed by atoms with Crippen LogP contribution in [-0.4, -0.2) is 41.8 Å². The van der Waals surface area contributed by atoms with Crippen LogP contribution < -0.4 is 10.1 Å². The molecule has 0 bridgehead atoms. The third-order valence-electron chi connectivity index (χ3n) is 3.28. The van der Waals surface area contributed by atoms with E-state index in [1.807, 2.05) is 31.2 Å². The van der Waals surface area contributed by atoms with Crippen LogP contribution in [0.15, 0.2) is 28.7 Å². The Kier molecular flexibility index (Phi) is 5.79. The van der Waals surface area contributed by atoms with Crippen molar-refractivity contribution in [3.05, 3.63) is 28.7 Å². The predicted molar refractivity (Wildman–Crippen MR) is 82.8 cm³/mol. The Morgan fingerprint density at radius 2 is 2.18 bits per heavy atom. The Morgan fingerprint density at radius 3 is 2.82 bits per heavy atom. The first-order valence-corrected chi connectivity index (χ1v) is 7.83. The van der Waals surface area contributed by atoms with E-state index in [0.717, 1.165) is 4.47 Å². The number of halogens is 1. The Labute approximate surface area is 136 Å². The Bertz CT molecular complexity index is 550. The number of rotatable bonds is 6. The van der Waals surface area contributed by atoms with Crippen molar-refractivity contribution < 1.29 is 24.2 Å². The van der Waals surface area contributed by atoms with Crippen LogP contribution in [-0.2, 0) is 14.3 Å². The van der Waals surface area contributed by atoms with Crippen LogP contribution in [0, 0.1) is 0 Å². The molecule has 22 heavy (non-hydrogen) atoms. The fourth-order valence-corrected chi connectivity index (χ4v) is 2.56. The molecule has 7 heteroatoms. The zero-order valence-corrected chi connectivity index (χ0v) is 13.7. The van der Waals surface area contributed by atoms with Crippen molar-refractivity contribution in [2.45, 2.75) is 38.1 Å². The molecule has 0 saturated carbocycles. The number of hydrogen-bond donors (Lipinski definition) is 2. The van der Waals surface area contributed by atoms with Crippen LogP contribution in [0.2, 0.25) is 0 Å². The number of nitrogens with one attached hydrogen (secondary N) is 1. The third kappa shape index (κ3) is 4.71. The molecule has 1 aliphatic rings. The summed E-state index contributed by atoms with van der Waals surface area (Å²) in [5, 5.41) is 11.6. The first-order chi connectivity index (χ1) is 10.5. The van der Waals surface area contributed by atoms with Gasteiger partial charge in [-0.15, -0.1) is 0 Å². The zero-order chi connectivity index (χ0) is 16.1. The maximum absolute atomic E-state index is 11.9. The van der Waals surface area contributed by atoms with Crippen LogP contribution in [0.5, 0.6) is 5.75 Å². The number of carbonyl (C=O) groups is 2. The smallest absolute Gasteiger partial charge is 0.332 e. The summed E-state index contributed by atoms with van der Waals surface area (Å²) in [6.45, 7) is 2.17. The topological polar surface area (TPSA) is 84.9 Å². The van der Waals surface area contributed by atoms with Gasteiger partial charge >= 0.3 is 5.97 Å². The molecule has 0 spiro atoms. The zero-order valence-electron chi connectivity index (χ0n) is 12.1. The molecule has 3 atom stereocenters. The summed E-state index contributed by atoms with van der Waals surface area (Å²) >= 11 is 3.36. The first kappa shape index (κ1) is 16.8. The number of carbonyl (C=O) groups excluding carboxylic acids is 1. The normalized spacial score (nSPS) is 22.1. The van der Waals surface area contributed by atoms with Crippen LogP contribution in [0.1, 0.15) is 19.8 Å². The quantitative estimate of drug-likeness (QED) is 0.798. The van der Waals surface area contributed by atoms with Crippen molar-refractivity contribution in [3.8, 4) is 5.75 Å². The predicted octanol–water partition coefficient (Wildman–Crippen LogP) is 1.96. The second kappa shape index (κ2) is 7.60. The first-order valence-electron chi connectivity index (χ1n) is 7.04. The molecule has 1 fully saturated rings. The van der Waals surface area contributed by atoms with Crippen molar-refractivity contribution in [1.82, 2.24) is 5.32 Å². The summed E-state index contributed by atoms with van der Waals surface area (Å²) in [7, 11) is 0. The van der Waals surface area contributed by atoms with Gasteiger partial charge in [-0.25, -0.2) is 4.79 Å². The van der Waals surface area contributed by atoms with Crippen LogP contribution in [0.4, 0.5) is 0 Å². The van der Waals surface area contributed by atoms with Gasteiger partial charge in [0.2, 0.25) is 5.91 Å². The summed E-state index contributed by atoms with van der Waals surface area (Å²) < 4.78 is 11.8. The molecule has 1 aromatic rings. The van der Waals surface area contributed by atoms with Crippen LogP contribution in [0.3, 0.4) is 0 Å². The number of carboxylic acids is 1. The third-order valence-corrected chi connectivity index (χ3v) is 3.78. The highest BCUT2D eigenvalue weighted by atomic mass is 79.9. The second-order valence-electron chi connectivity index (χ2n) is 5.16. The molecule has 0 aliphatic carbocycles. The lowest BCUT2D eigenvalue weighted by atomic mass is 10.2. The van der Waals surface area contributed by atoms with E-state index < -0.39 is 18.2 Å². The molecule has 120 valence electrons. The average Bonchev–Trinajstić information content (AvgIpc) is 2.95. The summed E-state index contributed by atoms with van der Waals surface area (Å²) in [5.74, 6) is -0.616. The van der Waals surface area contributed by atoms with Crippen molar-refractivity contribution in [2.24, 2.45) is 0 Å². The van der Waals surface area contributed by atoms with Gasteiger partial charge in [-0.3, -0.25) is 4.79 Å². The molecular formula is C15H18BrNO5. The summed E-state index contributed by atoms with van der Waals surface area (Å²) in [6.07, 6.45) is -1.01. The van der Waals surface area contributed by atoms with Crippen LogP contribution >= 0.6 is 15.9 Å². The highest BCUT2D eigenvalue weighted by molar-refractivity contribution is 9.10. The van der Waals surface area contributed by atoms with E-state index in [2.05, 4.69) is 21.2 Å². The summed E-state index contributed by atoms with van der Waals surface area (Å²) in [4.78, 5) is 22.7. The molecule has 6 nitrogen and oxygen atoms in total. The minimum absolute atomic E-state index is 0.213. The SMILES string of the molecule is CC(CNC(=O)[C@@H]1CC[C@H](C(=O)O)O1)Oc1cccc(Br)c1. The Hall–Kier alpha value is -1.60. The molecular weight excluding hydrogens is 354 g/mol. The van der Waals surface area contributed by atoms with Crippen molar-refractivity contribution in [1.29, 1.82) is 0 Å². The second-order valence-corrected chi connectivity index (χ2v) is 6.08. The molecule has 1 aliphatic heterocycles. The molecule has 0 aromatic heterocycles. The maximum atomic E-state index is 11.9. The highest BCUT2D eigenvalue weighted by Crippen LogP contribution is 2.20. The fraction of sp³-hybridized carbons (Fsp3) is 0.467. The monoisotopic (exact) mass is 371 g/mol. The molecule has 2 N–H and O–H groups in total. The fourth-order valence-electron chi connectivity index (χ4n) is 2.18. The minimum atomic E-state index is -1.03. The van der Waals surface area contributed by atoms with E-state index in [0.29, 0.717) is 25.1 Å². The van der Waals surface area contributed by atoms with Gasteiger partial charge in [0.1, 0.15) is 18.0 Å². The molecule has 2 rings (SSSR count). The molecule has 1 saturated heterocycles. The van der Waals surface area contributed by atoms with E-state index in [-0.39, 0.29) is 12.0 Å². The summed E-state index contributed by atoms with van der Waals surface area (Å²) in [6, 6.07) is 7.44. The standard InChI is InChI=1S/C15H18BrNO5/c1-9(21-11-4-2-3-10(16)7-11)8-17-14(18)12-5-6-13(22-12)15(19)20/h2-4,7,9,12-13H,5-6,8H2,1H3,(H,17,18)(H,19,20)/t9?,12-,13+/m0/s1. The van der Waals surface area contributed by atoms with E-state index >= 15 is 0 Å². The van der Waals surface area contributed by atoms with Gasteiger partial charge < -0.3 is 19.9 Å². The molecule has 1 amide bonds. The molecule has 1 unspecified atom stereocenters. The van der Waals surface area contributed by atoms with Gasteiger partial charge in [0.05, 0.1) is 6.54 Å². The van der Waals surface area contributed by atoms with E-state index in [1.54, 1.807) is 0 Å². The van der Waals surface area contributed by atoms with Crippen molar-refractivity contribution in [3.63, 3.8) is 0 Å². The number of hydrogen-bond acceptors (Lipinski definition) is 4. The van der Waals surface area contributed by atoms with Crippen molar-refractivity contribution >= 4 is 27.8 Å². The van der Waals surface area contributed by atoms with Gasteiger partial charge in [-0.1, -0.05) is 22.0 Å². The number of benzene rings is 1. The number of ether oxygens (including phenoxy) is 2.